The summed E-state index contributed by atoms with van der Waals surface area (Å²) in [5, 5.41) is 3.46. The quantitative estimate of drug-likeness (QED) is 0.657. The third-order valence-electron chi connectivity index (χ3n) is 4.19. The van der Waals surface area contributed by atoms with Crippen LogP contribution in [0.4, 0.5) is 0 Å². The number of aromatic nitrogens is 1. The summed E-state index contributed by atoms with van der Waals surface area (Å²) in [7, 11) is -3.39. The molecule has 1 atom stereocenters. The lowest BCUT2D eigenvalue weighted by molar-refractivity contribution is 0.0938. The minimum absolute atomic E-state index is 0.162. The van der Waals surface area contributed by atoms with Gasteiger partial charge in [-0.3, -0.25) is 4.79 Å². The van der Waals surface area contributed by atoms with Gasteiger partial charge in [0.2, 0.25) is 0 Å². The maximum Gasteiger partial charge on any atom is 0.273 e. The van der Waals surface area contributed by atoms with Crippen molar-refractivity contribution in [1.29, 1.82) is 0 Å². The van der Waals surface area contributed by atoms with E-state index in [2.05, 4.69) is 10.3 Å². The second-order valence-corrected chi connectivity index (χ2v) is 8.73. The van der Waals surface area contributed by atoms with E-state index >= 15 is 0 Å². The molecule has 0 aliphatic carbocycles. The van der Waals surface area contributed by atoms with Crippen molar-refractivity contribution in [2.75, 3.05) is 6.26 Å². The number of benzene rings is 2. The average Bonchev–Trinajstić information content (AvgIpc) is 3.16. The number of carbonyl (C=O) groups excluding carboxylic acids is 1. The third-order valence-corrected chi connectivity index (χ3v) is 5.55. The Bertz CT molecular complexity index is 1090. The monoisotopic (exact) mass is 418 g/mol. The van der Waals surface area contributed by atoms with Gasteiger partial charge in [-0.25, -0.2) is 13.4 Å². The second-order valence-electron chi connectivity index (χ2n) is 6.28. The molecule has 0 bridgehead atoms. The standard InChI is InChI=1S/C20H19ClN2O4S/c1-3-18-22-17(12-27-18)20(24)23-19(13-7-9-15(21)10-8-13)14-5-4-6-16(11-14)28(2,25)26/h4-12,19H,3H2,1-2H3,(H,23,24). The molecule has 0 saturated heterocycles. The Kier molecular flexibility index (Phi) is 5.86. The molecule has 3 rings (SSSR count). The highest BCUT2D eigenvalue weighted by Gasteiger charge is 2.21. The molecule has 1 amide bonds. The molecule has 0 aliphatic rings. The molecule has 28 heavy (non-hydrogen) atoms. The van der Waals surface area contributed by atoms with Gasteiger partial charge in [-0.2, -0.15) is 0 Å². The first-order chi connectivity index (χ1) is 13.3. The molecule has 1 aromatic heterocycles. The van der Waals surface area contributed by atoms with Crippen LogP contribution in [-0.2, 0) is 16.3 Å². The smallest absolute Gasteiger partial charge is 0.273 e. The number of oxazole rings is 1. The van der Waals surface area contributed by atoms with Crippen molar-refractivity contribution in [3.05, 3.63) is 82.5 Å². The van der Waals surface area contributed by atoms with E-state index in [-0.39, 0.29) is 10.6 Å². The van der Waals surface area contributed by atoms with Crippen molar-refractivity contribution < 1.29 is 17.6 Å². The topological polar surface area (TPSA) is 89.3 Å². The number of halogens is 1. The molecule has 8 heteroatoms. The van der Waals surface area contributed by atoms with Gasteiger partial charge in [0.05, 0.1) is 10.9 Å². The summed E-state index contributed by atoms with van der Waals surface area (Å²) in [6, 6.07) is 12.9. The van der Waals surface area contributed by atoms with E-state index in [1.54, 1.807) is 42.5 Å². The fourth-order valence-electron chi connectivity index (χ4n) is 2.72. The van der Waals surface area contributed by atoms with Crippen LogP contribution in [0.15, 0.2) is 64.1 Å². The molecular weight excluding hydrogens is 400 g/mol. The van der Waals surface area contributed by atoms with E-state index in [1.807, 2.05) is 6.92 Å². The fourth-order valence-corrected chi connectivity index (χ4v) is 3.52. The zero-order chi connectivity index (χ0) is 20.3. The molecule has 2 aromatic carbocycles. The first-order valence-corrected chi connectivity index (χ1v) is 10.9. The Morgan fingerprint density at radius 3 is 2.50 bits per heavy atom. The lowest BCUT2D eigenvalue weighted by Gasteiger charge is -2.20. The minimum Gasteiger partial charge on any atom is -0.448 e. The fraction of sp³-hybridized carbons (Fsp3) is 0.200. The van der Waals surface area contributed by atoms with Gasteiger partial charge < -0.3 is 9.73 Å². The maximum atomic E-state index is 12.7. The number of amides is 1. The number of carbonyl (C=O) groups is 1. The highest BCUT2D eigenvalue weighted by Crippen LogP contribution is 2.26. The van der Waals surface area contributed by atoms with Gasteiger partial charge >= 0.3 is 0 Å². The Labute approximate surface area is 168 Å². The van der Waals surface area contributed by atoms with Gasteiger partial charge in [0, 0.05) is 17.7 Å². The molecule has 0 fully saturated rings. The van der Waals surface area contributed by atoms with Crippen molar-refractivity contribution in [1.82, 2.24) is 10.3 Å². The van der Waals surface area contributed by atoms with E-state index in [9.17, 15) is 13.2 Å². The number of rotatable bonds is 6. The maximum absolute atomic E-state index is 12.7. The summed E-state index contributed by atoms with van der Waals surface area (Å²) in [6.45, 7) is 1.88. The summed E-state index contributed by atoms with van der Waals surface area (Å²) in [5.41, 5.74) is 1.54. The Hall–Kier alpha value is -2.64. The first-order valence-electron chi connectivity index (χ1n) is 8.58. The normalized spacial score (nSPS) is 12.5. The third kappa shape index (κ3) is 4.61. The van der Waals surface area contributed by atoms with Gasteiger partial charge in [-0.15, -0.1) is 0 Å². The van der Waals surface area contributed by atoms with Gasteiger partial charge in [0.25, 0.3) is 5.91 Å². The number of hydrogen-bond donors (Lipinski definition) is 1. The number of nitrogens with zero attached hydrogens (tertiary/aromatic N) is 1. The molecule has 6 nitrogen and oxygen atoms in total. The Morgan fingerprint density at radius 2 is 1.89 bits per heavy atom. The van der Waals surface area contributed by atoms with Gasteiger partial charge in [0.1, 0.15) is 6.26 Å². The lowest BCUT2D eigenvalue weighted by Crippen LogP contribution is -2.29. The van der Waals surface area contributed by atoms with Crippen molar-refractivity contribution in [3.8, 4) is 0 Å². The average molecular weight is 419 g/mol. The zero-order valence-corrected chi connectivity index (χ0v) is 16.9. The van der Waals surface area contributed by atoms with E-state index in [1.165, 1.54) is 12.3 Å². The molecule has 1 N–H and O–H groups in total. The molecule has 1 unspecified atom stereocenters. The molecule has 0 aliphatic heterocycles. The Balaban J connectivity index is 2.00. The van der Waals surface area contributed by atoms with Crippen LogP contribution in [0.25, 0.3) is 0 Å². The number of hydrogen-bond acceptors (Lipinski definition) is 5. The number of aryl methyl sites for hydroxylation is 1. The van der Waals surface area contributed by atoms with Crippen molar-refractivity contribution in [2.24, 2.45) is 0 Å². The SMILES string of the molecule is CCc1nc(C(=O)NC(c2ccc(Cl)cc2)c2cccc(S(C)(=O)=O)c2)co1. The summed E-state index contributed by atoms with van der Waals surface area (Å²) in [4.78, 5) is 17.0. The first kappa shape index (κ1) is 20.1. The summed E-state index contributed by atoms with van der Waals surface area (Å²) >= 11 is 5.98. The van der Waals surface area contributed by atoms with Gasteiger partial charge in [-0.05, 0) is 35.4 Å². The Morgan fingerprint density at radius 1 is 1.18 bits per heavy atom. The zero-order valence-electron chi connectivity index (χ0n) is 15.3. The van der Waals surface area contributed by atoms with Crippen LogP contribution in [0.1, 0.15) is 40.5 Å². The largest absolute Gasteiger partial charge is 0.448 e. The van der Waals surface area contributed by atoms with E-state index in [0.29, 0.717) is 22.9 Å². The molecule has 1 heterocycles. The lowest BCUT2D eigenvalue weighted by atomic mass is 9.98. The number of nitrogens with one attached hydrogen (secondary N) is 1. The van der Waals surface area contributed by atoms with Crippen LogP contribution in [0.2, 0.25) is 5.02 Å². The summed E-state index contributed by atoms with van der Waals surface area (Å²) < 4.78 is 29.1. The van der Waals surface area contributed by atoms with Crippen molar-refractivity contribution in [3.63, 3.8) is 0 Å². The predicted octanol–water partition coefficient (Wildman–Crippen LogP) is 3.81. The molecule has 3 aromatic rings. The molecule has 0 saturated carbocycles. The van der Waals surface area contributed by atoms with E-state index in [4.69, 9.17) is 16.0 Å². The van der Waals surface area contributed by atoms with Crippen molar-refractivity contribution >= 4 is 27.3 Å². The summed E-state index contributed by atoms with van der Waals surface area (Å²) in [5.74, 6) is 0.0421. The van der Waals surface area contributed by atoms with Crippen LogP contribution in [0.3, 0.4) is 0 Å². The van der Waals surface area contributed by atoms with Crippen LogP contribution < -0.4 is 5.32 Å². The summed E-state index contributed by atoms with van der Waals surface area (Å²) in [6.07, 6.45) is 3.02. The predicted molar refractivity (Wildman–Crippen MR) is 106 cm³/mol. The molecule has 0 radical (unpaired) electrons. The van der Waals surface area contributed by atoms with E-state index in [0.717, 1.165) is 11.8 Å². The van der Waals surface area contributed by atoms with Crippen molar-refractivity contribution in [2.45, 2.75) is 24.3 Å². The van der Waals surface area contributed by atoms with Gasteiger partial charge in [0.15, 0.2) is 21.4 Å². The molecule has 146 valence electrons. The van der Waals surface area contributed by atoms with Crippen LogP contribution >= 0.6 is 11.6 Å². The second kappa shape index (κ2) is 8.16. The van der Waals surface area contributed by atoms with Crippen LogP contribution in [-0.4, -0.2) is 25.6 Å². The van der Waals surface area contributed by atoms with Crippen LogP contribution in [0.5, 0.6) is 0 Å². The highest BCUT2D eigenvalue weighted by atomic mass is 35.5. The molecule has 0 spiro atoms. The van der Waals surface area contributed by atoms with Gasteiger partial charge in [-0.1, -0.05) is 42.8 Å². The molecular formula is C20H19ClN2O4S. The van der Waals surface area contributed by atoms with E-state index < -0.39 is 21.8 Å². The van der Waals surface area contributed by atoms with Crippen LogP contribution in [0, 0.1) is 0 Å². The highest BCUT2D eigenvalue weighted by molar-refractivity contribution is 7.90. The number of sulfone groups is 1. The minimum atomic E-state index is -3.39.